The molecule has 0 N–H and O–H groups in total. The number of unbranched alkanes of at least 4 members (excludes halogenated alkanes) is 3. The lowest BCUT2D eigenvalue weighted by molar-refractivity contribution is 0.702. The predicted octanol–water partition coefficient (Wildman–Crippen LogP) is 5.42. The summed E-state index contributed by atoms with van der Waals surface area (Å²) < 4.78 is 0. The Morgan fingerprint density at radius 1 is 0.846 bits per heavy atom. The van der Waals surface area contributed by atoms with Gasteiger partial charge in [-0.25, -0.2) is 0 Å². The summed E-state index contributed by atoms with van der Waals surface area (Å²) in [4.78, 5) is 0. The van der Waals surface area contributed by atoms with E-state index in [2.05, 4.69) is 34.6 Å². The van der Waals surface area contributed by atoms with E-state index in [1.165, 1.54) is 44.9 Å². The maximum atomic E-state index is 2.28. The van der Waals surface area contributed by atoms with E-state index in [0.29, 0.717) is 0 Å². The fourth-order valence-corrected chi connectivity index (χ4v) is 0.667. The maximum Gasteiger partial charge on any atom is -0.0443 e. The summed E-state index contributed by atoms with van der Waals surface area (Å²) in [5.74, 6) is 1.08. The smallest absolute Gasteiger partial charge is 0.0443 e. The first-order valence-corrected chi connectivity index (χ1v) is 6.22. The van der Waals surface area contributed by atoms with Gasteiger partial charge < -0.3 is 0 Å². The zero-order valence-electron chi connectivity index (χ0n) is 10.5. The van der Waals surface area contributed by atoms with E-state index >= 15 is 0 Å². The highest BCUT2D eigenvalue weighted by atomic mass is 14.2. The van der Waals surface area contributed by atoms with Crippen LogP contribution < -0.4 is 0 Å². The van der Waals surface area contributed by atoms with E-state index in [1.807, 2.05) is 0 Å². The van der Waals surface area contributed by atoms with Crippen LogP contribution in [0.25, 0.3) is 0 Å². The maximum absolute atomic E-state index is 2.28. The molecule has 0 unspecified atom stereocenters. The number of rotatable bonds is 3. The Labute approximate surface area is 86.1 Å². The molecule has 1 fully saturated rings. The summed E-state index contributed by atoms with van der Waals surface area (Å²) in [5, 5.41) is 0. The summed E-state index contributed by atoms with van der Waals surface area (Å²) in [6.45, 7) is 11.0. The highest BCUT2D eigenvalue weighted by molar-refractivity contribution is 4.65. The van der Waals surface area contributed by atoms with Crippen LogP contribution in [0.4, 0.5) is 0 Å². The predicted molar refractivity (Wildman–Crippen MR) is 64.2 cm³/mol. The lowest BCUT2D eigenvalue weighted by Gasteiger charge is -1.86. The summed E-state index contributed by atoms with van der Waals surface area (Å²) in [6, 6.07) is 0. The van der Waals surface area contributed by atoms with E-state index in [0.717, 1.165) is 5.92 Å². The fourth-order valence-electron chi connectivity index (χ4n) is 0.667. The average molecular weight is 186 g/mol. The Morgan fingerprint density at radius 2 is 1.08 bits per heavy atom. The van der Waals surface area contributed by atoms with Gasteiger partial charge in [-0.1, -0.05) is 79.6 Å². The van der Waals surface area contributed by atoms with Crippen LogP contribution in [0.5, 0.6) is 0 Å². The van der Waals surface area contributed by atoms with Crippen LogP contribution in [0.15, 0.2) is 0 Å². The molecular weight excluding hydrogens is 156 g/mol. The Hall–Kier alpha value is 0. The highest BCUT2D eigenvalue weighted by Gasteiger charge is 2.12. The van der Waals surface area contributed by atoms with Crippen LogP contribution >= 0.6 is 0 Å². The van der Waals surface area contributed by atoms with Crippen molar-refractivity contribution >= 4 is 0 Å². The first-order valence-electron chi connectivity index (χ1n) is 6.22. The van der Waals surface area contributed by atoms with Crippen molar-refractivity contribution in [1.29, 1.82) is 0 Å². The van der Waals surface area contributed by atoms with Crippen LogP contribution in [0.2, 0.25) is 0 Å². The molecule has 0 saturated heterocycles. The number of hydrogen-bond donors (Lipinski definition) is 0. The van der Waals surface area contributed by atoms with Crippen molar-refractivity contribution in [1.82, 2.24) is 0 Å². The molecule has 0 aromatic rings. The fraction of sp³-hybridized carbons (Fsp3) is 1.00. The topological polar surface area (TPSA) is 0 Å². The standard InChI is InChI=1S/C6H14.C4H8.C3H8/c1-3-5-6-4-2;1-4-2-3-4;1-3-2/h3-6H2,1-2H3;4H,2-3H2,1H3;3H2,1-2H3. The molecule has 82 valence electrons. The van der Waals surface area contributed by atoms with Crippen molar-refractivity contribution in [3.63, 3.8) is 0 Å². The second-order valence-electron chi connectivity index (χ2n) is 4.10. The summed E-state index contributed by atoms with van der Waals surface area (Å²) >= 11 is 0. The van der Waals surface area contributed by atoms with Crippen molar-refractivity contribution in [3.05, 3.63) is 0 Å². The molecular formula is C13H30. The van der Waals surface area contributed by atoms with E-state index in [9.17, 15) is 0 Å². The third kappa shape index (κ3) is 33.3. The van der Waals surface area contributed by atoms with Gasteiger partial charge in [-0.05, 0) is 5.92 Å². The quantitative estimate of drug-likeness (QED) is 0.516. The largest absolute Gasteiger partial charge is 0.0656 e. The Morgan fingerprint density at radius 3 is 1.15 bits per heavy atom. The van der Waals surface area contributed by atoms with Gasteiger partial charge in [-0.15, -0.1) is 0 Å². The first-order chi connectivity index (χ1) is 6.22. The summed E-state index contributed by atoms with van der Waals surface area (Å²) in [6.07, 6.45) is 9.76. The van der Waals surface area contributed by atoms with E-state index < -0.39 is 0 Å². The normalized spacial score (nSPS) is 13.6. The van der Waals surface area contributed by atoms with E-state index in [4.69, 9.17) is 0 Å². The summed E-state index contributed by atoms with van der Waals surface area (Å²) in [7, 11) is 0. The molecule has 0 aromatic heterocycles. The van der Waals surface area contributed by atoms with Crippen molar-refractivity contribution in [2.24, 2.45) is 5.92 Å². The molecule has 0 aliphatic heterocycles. The monoisotopic (exact) mass is 186 g/mol. The molecule has 1 saturated carbocycles. The SMILES string of the molecule is CC1CC1.CCC.CCCCCC. The van der Waals surface area contributed by atoms with Gasteiger partial charge >= 0.3 is 0 Å². The number of hydrogen-bond acceptors (Lipinski definition) is 0. The summed E-state index contributed by atoms with van der Waals surface area (Å²) in [5.41, 5.74) is 0. The van der Waals surface area contributed by atoms with Gasteiger partial charge in [0.05, 0.1) is 0 Å². The van der Waals surface area contributed by atoms with Gasteiger partial charge in [0.25, 0.3) is 0 Å². The van der Waals surface area contributed by atoms with Gasteiger partial charge in [0.1, 0.15) is 0 Å². The molecule has 0 aromatic carbocycles. The van der Waals surface area contributed by atoms with Crippen LogP contribution in [0.3, 0.4) is 0 Å². The van der Waals surface area contributed by atoms with Crippen molar-refractivity contribution in [2.75, 3.05) is 0 Å². The lowest BCUT2D eigenvalue weighted by Crippen LogP contribution is -1.66. The zero-order valence-corrected chi connectivity index (χ0v) is 10.5. The molecule has 13 heavy (non-hydrogen) atoms. The molecule has 1 aliphatic carbocycles. The van der Waals surface area contributed by atoms with Crippen LogP contribution in [-0.4, -0.2) is 0 Å². The van der Waals surface area contributed by atoms with Gasteiger partial charge in [0.2, 0.25) is 0 Å². The Bertz CT molecular complexity index is 58.4. The van der Waals surface area contributed by atoms with Crippen molar-refractivity contribution in [2.45, 2.75) is 79.6 Å². The Kier molecular flexibility index (Phi) is 17.3. The van der Waals surface area contributed by atoms with Gasteiger partial charge in [-0.3, -0.25) is 0 Å². The van der Waals surface area contributed by atoms with Crippen LogP contribution in [0, 0.1) is 5.92 Å². The lowest BCUT2D eigenvalue weighted by atomic mass is 10.2. The Balaban J connectivity index is 0. The van der Waals surface area contributed by atoms with Gasteiger partial charge in [-0.2, -0.15) is 0 Å². The molecule has 0 heteroatoms. The second-order valence-corrected chi connectivity index (χ2v) is 4.10. The second kappa shape index (κ2) is 14.5. The van der Waals surface area contributed by atoms with Crippen LogP contribution in [-0.2, 0) is 0 Å². The van der Waals surface area contributed by atoms with Crippen LogP contribution in [0.1, 0.15) is 79.6 Å². The minimum Gasteiger partial charge on any atom is -0.0656 e. The first kappa shape index (κ1) is 15.5. The minimum absolute atomic E-state index is 1.08. The molecule has 1 rings (SSSR count). The zero-order chi connectivity index (χ0) is 10.5. The minimum atomic E-state index is 1.08. The third-order valence-corrected chi connectivity index (χ3v) is 1.82. The molecule has 1 aliphatic rings. The molecule has 0 radical (unpaired) electrons. The highest BCUT2D eigenvalue weighted by Crippen LogP contribution is 2.26. The van der Waals surface area contributed by atoms with Gasteiger partial charge in [0.15, 0.2) is 0 Å². The molecule has 0 atom stereocenters. The van der Waals surface area contributed by atoms with E-state index in [1.54, 1.807) is 0 Å². The third-order valence-electron chi connectivity index (χ3n) is 1.82. The average Bonchev–Trinajstić information content (AvgIpc) is 2.87. The molecule has 0 nitrogen and oxygen atoms in total. The molecule has 0 spiro atoms. The van der Waals surface area contributed by atoms with Crippen molar-refractivity contribution < 1.29 is 0 Å². The van der Waals surface area contributed by atoms with E-state index in [-0.39, 0.29) is 0 Å². The molecule has 0 bridgehead atoms. The molecule has 0 heterocycles. The van der Waals surface area contributed by atoms with Crippen molar-refractivity contribution in [3.8, 4) is 0 Å². The molecule has 0 amide bonds. The van der Waals surface area contributed by atoms with Gasteiger partial charge in [0, 0.05) is 0 Å².